The number of amides is 1. The number of aliphatic carboxylic acids is 1. The molecule has 0 radical (unpaired) electrons. The van der Waals surface area contributed by atoms with Gasteiger partial charge in [-0.25, -0.2) is 9.59 Å². The predicted octanol–water partition coefficient (Wildman–Crippen LogP) is 3.25. The van der Waals surface area contributed by atoms with E-state index in [1.54, 1.807) is 0 Å². The second-order valence-corrected chi connectivity index (χ2v) is 9.22. The molecule has 1 atom stereocenters. The number of carboxylic acid groups (broad SMARTS) is 1. The Morgan fingerprint density at radius 3 is 2.15 bits per heavy atom. The first-order valence-corrected chi connectivity index (χ1v) is 11.1. The lowest BCUT2D eigenvalue weighted by Crippen LogP contribution is -2.42. The molecule has 0 fully saturated rings. The molecule has 0 aromatic heterocycles. The summed E-state index contributed by atoms with van der Waals surface area (Å²) in [5.74, 6) is -0.321. The van der Waals surface area contributed by atoms with Crippen LogP contribution in [0.15, 0.2) is 48.5 Å². The minimum Gasteiger partial charge on any atom is -0.480 e. The summed E-state index contributed by atoms with van der Waals surface area (Å²) in [7, 11) is 0.122. The third-order valence-electron chi connectivity index (χ3n) is 4.75. The monoisotopic (exact) mass is 386 g/mol. The molecule has 1 amide bonds. The molecular formula is C21H24NO4S+. The summed E-state index contributed by atoms with van der Waals surface area (Å²) < 4.78 is 5.42. The summed E-state index contributed by atoms with van der Waals surface area (Å²) in [4.78, 5) is 23.6. The highest BCUT2D eigenvalue weighted by Crippen LogP contribution is 2.44. The predicted molar refractivity (Wildman–Crippen MR) is 108 cm³/mol. The van der Waals surface area contributed by atoms with E-state index in [1.165, 1.54) is 0 Å². The van der Waals surface area contributed by atoms with Crippen LogP contribution in [-0.4, -0.2) is 48.1 Å². The summed E-state index contributed by atoms with van der Waals surface area (Å²) in [6, 6.07) is 15.3. The van der Waals surface area contributed by atoms with E-state index in [4.69, 9.17) is 4.74 Å². The van der Waals surface area contributed by atoms with Crippen LogP contribution in [0.2, 0.25) is 0 Å². The molecule has 0 spiro atoms. The zero-order valence-corrected chi connectivity index (χ0v) is 16.3. The summed E-state index contributed by atoms with van der Waals surface area (Å²) in [6.07, 6.45) is 3.81. The first-order valence-electron chi connectivity index (χ1n) is 8.86. The van der Waals surface area contributed by atoms with Gasteiger partial charge < -0.3 is 15.2 Å². The number of nitrogens with one attached hydrogen (secondary N) is 1. The summed E-state index contributed by atoms with van der Waals surface area (Å²) in [5, 5.41) is 11.8. The number of hydrogen-bond acceptors (Lipinski definition) is 3. The third-order valence-corrected chi connectivity index (χ3v) is 5.80. The van der Waals surface area contributed by atoms with Crippen molar-refractivity contribution in [1.29, 1.82) is 0 Å². The fourth-order valence-corrected chi connectivity index (χ4v) is 4.10. The first-order chi connectivity index (χ1) is 13.0. The van der Waals surface area contributed by atoms with Crippen molar-refractivity contribution in [3.63, 3.8) is 0 Å². The molecule has 0 bridgehead atoms. The van der Waals surface area contributed by atoms with Crippen molar-refractivity contribution < 1.29 is 19.4 Å². The minimum absolute atomic E-state index is 0.0384. The lowest BCUT2D eigenvalue weighted by molar-refractivity contribution is -0.139. The Morgan fingerprint density at radius 1 is 1.07 bits per heavy atom. The maximum atomic E-state index is 12.2. The SMILES string of the molecule is C[S+](C)CC[C@H](NC(=O)OCC1c2ccccc2-c2ccccc21)C(=O)O. The molecule has 5 nitrogen and oxygen atoms in total. The van der Waals surface area contributed by atoms with Gasteiger partial charge in [0.05, 0.1) is 12.5 Å². The Morgan fingerprint density at radius 2 is 1.63 bits per heavy atom. The average Bonchev–Trinajstić information content (AvgIpc) is 2.97. The molecular weight excluding hydrogens is 362 g/mol. The van der Waals surface area contributed by atoms with Crippen molar-refractivity contribution in [2.24, 2.45) is 0 Å². The Labute approximate surface area is 162 Å². The van der Waals surface area contributed by atoms with E-state index >= 15 is 0 Å². The number of carbonyl (C=O) groups is 2. The van der Waals surface area contributed by atoms with Crippen LogP contribution in [0.3, 0.4) is 0 Å². The average molecular weight is 386 g/mol. The van der Waals surface area contributed by atoms with Crippen LogP contribution < -0.4 is 5.32 Å². The molecule has 0 saturated carbocycles. The summed E-state index contributed by atoms with van der Waals surface area (Å²) in [6.45, 7) is 0.179. The Balaban J connectivity index is 1.66. The van der Waals surface area contributed by atoms with E-state index in [0.29, 0.717) is 6.42 Å². The molecule has 1 aliphatic carbocycles. The van der Waals surface area contributed by atoms with Crippen molar-refractivity contribution in [3.05, 3.63) is 59.7 Å². The lowest BCUT2D eigenvalue weighted by atomic mass is 9.98. The van der Waals surface area contributed by atoms with Crippen LogP contribution in [0.25, 0.3) is 11.1 Å². The van der Waals surface area contributed by atoms with Crippen molar-refractivity contribution in [2.75, 3.05) is 24.9 Å². The molecule has 1 aliphatic rings. The molecule has 0 unspecified atom stereocenters. The van der Waals surface area contributed by atoms with Crippen molar-refractivity contribution in [2.45, 2.75) is 18.4 Å². The van der Waals surface area contributed by atoms with E-state index in [-0.39, 0.29) is 23.4 Å². The van der Waals surface area contributed by atoms with Gasteiger partial charge in [-0.1, -0.05) is 48.5 Å². The largest absolute Gasteiger partial charge is 0.480 e. The van der Waals surface area contributed by atoms with Gasteiger partial charge in [0, 0.05) is 12.3 Å². The van der Waals surface area contributed by atoms with Gasteiger partial charge in [0.25, 0.3) is 0 Å². The van der Waals surface area contributed by atoms with Crippen molar-refractivity contribution in [1.82, 2.24) is 5.32 Å². The molecule has 3 rings (SSSR count). The smallest absolute Gasteiger partial charge is 0.407 e. The minimum atomic E-state index is -1.03. The first kappa shape index (κ1) is 19.3. The number of ether oxygens (including phenoxy) is 1. The normalized spacial score (nSPS) is 13.7. The van der Waals surface area contributed by atoms with Crippen LogP contribution >= 0.6 is 0 Å². The Kier molecular flexibility index (Phi) is 6.06. The van der Waals surface area contributed by atoms with E-state index in [2.05, 4.69) is 17.4 Å². The maximum absolute atomic E-state index is 12.2. The van der Waals surface area contributed by atoms with Gasteiger partial charge in [-0.2, -0.15) is 0 Å². The fraction of sp³-hybridized carbons (Fsp3) is 0.333. The van der Waals surface area contributed by atoms with E-state index < -0.39 is 18.1 Å². The van der Waals surface area contributed by atoms with E-state index in [0.717, 1.165) is 28.0 Å². The number of fused-ring (bicyclic) bond motifs is 3. The topological polar surface area (TPSA) is 75.6 Å². The summed E-state index contributed by atoms with van der Waals surface area (Å²) in [5.41, 5.74) is 4.57. The number of carbonyl (C=O) groups excluding carboxylic acids is 1. The van der Waals surface area contributed by atoms with Gasteiger partial charge >= 0.3 is 12.1 Å². The number of alkyl carbamates (subject to hydrolysis) is 1. The number of carboxylic acids is 1. The standard InChI is InChI=1S/C21H23NO4S/c1-27(2)12-11-19(20(23)24)22-21(25)26-13-18-16-9-5-3-7-14(16)15-8-4-6-10-17(15)18/h3-10,18-19H,11-13H2,1-2H3,(H-,22,23,24,25)/p+1/t19-/m0/s1. The molecule has 0 saturated heterocycles. The molecule has 0 heterocycles. The van der Waals surface area contributed by atoms with Gasteiger partial charge in [0.2, 0.25) is 0 Å². The second kappa shape index (κ2) is 8.48. The van der Waals surface area contributed by atoms with Crippen LogP contribution in [-0.2, 0) is 20.4 Å². The molecule has 6 heteroatoms. The molecule has 142 valence electrons. The van der Waals surface area contributed by atoms with Crippen molar-refractivity contribution >= 4 is 23.0 Å². The molecule has 2 aromatic rings. The van der Waals surface area contributed by atoms with Crippen LogP contribution in [0.4, 0.5) is 4.79 Å². The zero-order chi connectivity index (χ0) is 19.4. The molecule has 2 aromatic carbocycles. The van der Waals surface area contributed by atoms with Gasteiger partial charge in [-0.05, 0) is 33.1 Å². The fourth-order valence-electron chi connectivity index (χ4n) is 3.39. The lowest BCUT2D eigenvalue weighted by Gasteiger charge is -2.17. The Bertz CT molecular complexity index is 791. The second-order valence-electron chi connectivity index (χ2n) is 6.84. The van der Waals surface area contributed by atoms with E-state index in [1.807, 2.05) is 48.9 Å². The molecule has 0 aliphatic heterocycles. The Hall–Kier alpha value is -2.47. The van der Waals surface area contributed by atoms with Gasteiger partial charge in [-0.15, -0.1) is 0 Å². The molecule has 2 N–H and O–H groups in total. The van der Waals surface area contributed by atoms with Gasteiger partial charge in [0.15, 0.2) is 0 Å². The highest BCUT2D eigenvalue weighted by Gasteiger charge is 2.30. The van der Waals surface area contributed by atoms with Gasteiger partial charge in [-0.3, -0.25) is 0 Å². The van der Waals surface area contributed by atoms with Crippen molar-refractivity contribution in [3.8, 4) is 11.1 Å². The zero-order valence-electron chi connectivity index (χ0n) is 15.5. The highest BCUT2D eigenvalue weighted by molar-refractivity contribution is 7.95. The third kappa shape index (κ3) is 4.45. The maximum Gasteiger partial charge on any atom is 0.407 e. The van der Waals surface area contributed by atoms with E-state index in [9.17, 15) is 14.7 Å². The summed E-state index contributed by atoms with van der Waals surface area (Å²) >= 11 is 0. The number of rotatable bonds is 7. The number of benzene rings is 2. The number of hydrogen-bond donors (Lipinski definition) is 2. The molecule has 27 heavy (non-hydrogen) atoms. The van der Waals surface area contributed by atoms with Crippen LogP contribution in [0.1, 0.15) is 23.5 Å². The van der Waals surface area contributed by atoms with Crippen LogP contribution in [0, 0.1) is 0 Å². The van der Waals surface area contributed by atoms with Crippen LogP contribution in [0.5, 0.6) is 0 Å². The quantitative estimate of drug-likeness (QED) is 0.717. The van der Waals surface area contributed by atoms with Gasteiger partial charge in [0.1, 0.15) is 18.4 Å². The highest BCUT2D eigenvalue weighted by atomic mass is 32.2.